The van der Waals surface area contributed by atoms with E-state index in [9.17, 15) is 0 Å². The van der Waals surface area contributed by atoms with Gasteiger partial charge in [-0.3, -0.25) is 0 Å². The number of imidazole rings is 1. The van der Waals surface area contributed by atoms with Crippen LogP contribution in [0, 0.1) is 0 Å². The number of hydrogen-bond donors (Lipinski definition) is 1. The molecule has 2 aromatic rings. The molecule has 1 aliphatic rings. The van der Waals surface area contributed by atoms with E-state index < -0.39 is 0 Å². The predicted molar refractivity (Wildman–Crippen MR) is 81.0 cm³/mol. The van der Waals surface area contributed by atoms with E-state index in [0.717, 1.165) is 24.4 Å². The Morgan fingerprint density at radius 1 is 1.35 bits per heavy atom. The van der Waals surface area contributed by atoms with Crippen molar-refractivity contribution in [2.75, 3.05) is 13.1 Å². The third-order valence-corrected chi connectivity index (χ3v) is 3.60. The highest BCUT2D eigenvalue weighted by Gasteiger charge is 2.11. The van der Waals surface area contributed by atoms with E-state index in [2.05, 4.69) is 21.8 Å². The quantitative estimate of drug-likeness (QED) is 0.687. The fourth-order valence-electron chi connectivity index (χ4n) is 2.53. The molecule has 104 valence electrons. The summed E-state index contributed by atoms with van der Waals surface area (Å²) >= 11 is 0. The molecule has 1 aliphatic heterocycles. The maximum absolute atomic E-state index is 6.01. The van der Waals surface area contributed by atoms with Crippen molar-refractivity contribution in [3.8, 4) is 0 Å². The monoisotopic (exact) mass is 269 g/mol. The highest BCUT2D eigenvalue weighted by molar-refractivity contribution is 5.93. The van der Waals surface area contributed by atoms with Gasteiger partial charge in [-0.2, -0.15) is 0 Å². The first-order valence-corrected chi connectivity index (χ1v) is 6.92. The Balaban J connectivity index is 1.81. The van der Waals surface area contributed by atoms with Gasteiger partial charge < -0.3 is 15.0 Å². The molecule has 0 bridgehead atoms. The lowest BCUT2D eigenvalue weighted by Crippen LogP contribution is -2.19. The Labute approximate surface area is 118 Å². The molecule has 3 rings (SSSR count). The Kier molecular flexibility index (Phi) is 3.41. The third kappa shape index (κ3) is 2.66. The number of amidine groups is 1. The minimum absolute atomic E-state index is 0.533. The second kappa shape index (κ2) is 5.36. The number of likely N-dealkylation sites (tertiary alicyclic amines) is 1. The van der Waals surface area contributed by atoms with Crippen molar-refractivity contribution in [2.45, 2.75) is 19.8 Å². The largest absolute Gasteiger partial charge is 0.384 e. The number of nitrogens with two attached hydrogens (primary N) is 1. The number of allylic oxidation sites excluding steroid dienone is 1. The van der Waals surface area contributed by atoms with Crippen LogP contribution in [-0.4, -0.2) is 33.2 Å². The molecule has 0 amide bonds. The van der Waals surface area contributed by atoms with Gasteiger partial charge in [-0.15, -0.1) is 0 Å². The molecule has 2 N–H and O–H groups in total. The second-order valence-electron chi connectivity index (χ2n) is 5.09. The van der Waals surface area contributed by atoms with E-state index in [1.807, 2.05) is 35.0 Å². The van der Waals surface area contributed by atoms with Gasteiger partial charge in [-0.05, 0) is 31.9 Å². The molecule has 0 atom stereocenters. The van der Waals surface area contributed by atoms with Crippen molar-refractivity contribution in [2.24, 2.45) is 10.7 Å². The zero-order chi connectivity index (χ0) is 13.9. The molecular formula is C15H19N5. The van der Waals surface area contributed by atoms with Crippen molar-refractivity contribution in [3.05, 3.63) is 42.5 Å². The number of hydrogen-bond acceptors (Lipinski definition) is 3. The van der Waals surface area contributed by atoms with Gasteiger partial charge in [0.1, 0.15) is 11.5 Å². The van der Waals surface area contributed by atoms with Gasteiger partial charge in [-0.25, -0.2) is 9.98 Å². The molecule has 5 heteroatoms. The van der Waals surface area contributed by atoms with Crippen LogP contribution >= 0.6 is 0 Å². The van der Waals surface area contributed by atoms with Crippen molar-refractivity contribution < 1.29 is 0 Å². The first-order chi connectivity index (χ1) is 9.72. The summed E-state index contributed by atoms with van der Waals surface area (Å²) in [6.45, 7) is 4.33. The van der Waals surface area contributed by atoms with Gasteiger partial charge in [0, 0.05) is 43.4 Å². The average Bonchev–Trinajstić information content (AvgIpc) is 3.09. The average molecular weight is 269 g/mol. The molecule has 1 fully saturated rings. The van der Waals surface area contributed by atoms with Crippen LogP contribution in [0.3, 0.4) is 0 Å². The number of nitrogens with zero attached hydrogens (tertiary/aromatic N) is 4. The number of rotatable bonds is 3. The topological polar surface area (TPSA) is 58.9 Å². The van der Waals surface area contributed by atoms with Crippen LogP contribution in [0.5, 0.6) is 0 Å². The molecule has 20 heavy (non-hydrogen) atoms. The van der Waals surface area contributed by atoms with Gasteiger partial charge in [0.2, 0.25) is 0 Å². The lowest BCUT2D eigenvalue weighted by atomic mass is 10.3. The molecule has 1 saturated heterocycles. The maximum atomic E-state index is 6.01. The third-order valence-electron chi connectivity index (χ3n) is 3.60. The summed E-state index contributed by atoms with van der Waals surface area (Å²) in [6.07, 6.45) is 10.1. The lowest BCUT2D eigenvalue weighted by Gasteiger charge is -2.17. The molecular weight excluding hydrogens is 250 g/mol. The summed E-state index contributed by atoms with van der Waals surface area (Å²) in [4.78, 5) is 11.0. The first-order valence-electron chi connectivity index (χ1n) is 6.92. The normalized spacial score (nSPS) is 17.1. The van der Waals surface area contributed by atoms with Crippen LogP contribution in [0.1, 0.15) is 19.8 Å². The molecule has 2 aromatic heterocycles. The molecule has 0 unspecified atom stereocenters. The minimum Gasteiger partial charge on any atom is -0.384 e. The fourth-order valence-corrected chi connectivity index (χ4v) is 2.53. The zero-order valence-electron chi connectivity index (χ0n) is 11.7. The highest BCUT2D eigenvalue weighted by Crippen LogP contribution is 2.16. The molecule has 0 aromatic carbocycles. The van der Waals surface area contributed by atoms with Crippen LogP contribution in [-0.2, 0) is 0 Å². The smallest absolute Gasteiger partial charge is 0.138 e. The van der Waals surface area contributed by atoms with Gasteiger partial charge >= 0.3 is 0 Å². The van der Waals surface area contributed by atoms with Crippen molar-refractivity contribution >= 4 is 17.2 Å². The summed E-state index contributed by atoms with van der Waals surface area (Å²) in [5.74, 6) is 0.533. The number of aliphatic imine (C=N–C) groups is 1. The van der Waals surface area contributed by atoms with Crippen LogP contribution < -0.4 is 5.73 Å². The predicted octanol–water partition coefficient (Wildman–Crippen LogP) is 2.32. The molecule has 0 radical (unpaired) electrons. The van der Waals surface area contributed by atoms with Crippen molar-refractivity contribution in [1.29, 1.82) is 0 Å². The van der Waals surface area contributed by atoms with Crippen molar-refractivity contribution in [1.82, 2.24) is 14.3 Å². The molecule has 0 saturated carbocycles. The molecule has 0 spiro atoms. The molecule has 5 nitrogen and oxygen atoms in total. The minimum atomic E-state index is 0.533. The molecule has 3 heterocycles. The number of pyridine rings is 1. The Bertz CT molecular complexity index is 662. The number of aromatic nitrogens is 2. The Morgan fingerprint density at radius 2 is 2.15 bits per heavy atom. The summed E-state index contributed by atoms with van der Waals surface area (Å²) in [7, 11) is 0. The molecule has 0 aliphatic carbocycles. The lowest BCUT2D eigenvalue weighted by molar-refractivity contribution is 0.428. The van der Waals surface area contributed by atoms with Gasteiger partial charge in [0.25, 0.3) is 0 Å². The van der Waals surface area contributed by atoms with E-state index in [1.165, 1.54) is 18.5 Å². The summed E-state index contributed by atoms with van der Waals surface area (Å²) in [5.41, 5.74) is 8.90. The Morgan fingerprint density at radius 3 is 2.95 bits per heavy atom. The zero-order valence-corrected chi connectivity index (χ0v) is 11.7. The van der Waals surface area contributed by atoms with Gasteiger partial charge in [0.05, 0.1) is 5.69 Å². The second-order valence-corrected chi connectivity index (χ2v) is 5.09. The van der Waals surface area contributed by atoms with Gasteiger partial charge in [-0.1, -0.05) is 0 Å². The van der Waals surface area contributed by atoms with Gasteiger partial charge in [0.15, 0.2) is 0 Å². The summed E-state index contributed by atoms with van der Waals surface area (Å²) in [5, 5.41) is 0. The van der Waals surface area contributed by atoms with Crippen LogP contribution in [0.15, 0.2) is 47.5 Å². The Hall–Kier alpha value is -2.30. The standard InChI is InChI=1S/C15H19N5/c1-12(19-6-2-3-7-19)10-14(16)18-13-4-8-20-9-5-17-15(20)11-13/h4-5,8-11H,2-3,6-7H2,1H3,(H2,16,18)/b12-10+. The first kappa shape index (κ1) is 12.7. The van der Waals surface area contributed by atoms with Crippen molar-refractivity contribution in [3.63, 3.8) is 0 Å². The SMILES string of the molecule is C/C(=C\C(N)=Nc1ccn2ccnc2c1)N1CCCC1. The van der Waals surface area contributed by atoms with Crippen LogP contribution in [0.25, 0.3) is 5.65 Å². The van der Waals surface area contributed by atoms with E-state index >= 15 is 0 Å². The maximum Gasteiger partial charge on any atom is 0.138 e. The summed E-state index contributed by atoms with van der Waals surface area (Å²) in [6, 6.07) is 3.85. The fraction of sp³-hybridized carbons (Fsp3) is 0.333. The van der Waals surface area contributed by atoms with E-state index in [-0.39, 0.29) is 0 Å². The highest BCUT2D eigenvalue weighted by atomic mass is 15.1. The van der Waals surface area contributed by atoms with Crippen LogP contribution in [0.2, 0.25) is 0 Å². The van der Waals surface area contributed by atoms with Crippen LogP contribution in [0.4, 0.5) is 5.69 Å². The van der Waals surface area contributed by atoms with E-state index in [0.29, 0.717) is 5.84 Å². The van der Waals surface area contributed by atoms with E-state index in [4.69, 9.17) is 5.73 Å². The number of fused-ring (bicyclic) bond motifs is 1. The summed E-state index contributed by atoms with van der Waals surface area (Å²) < 4.78 is 1.94. The van der Waals surface area contributed by atoms with E-state index in [1.54, 1.807) is 6.20 Å².